The molecule has 4 nitrogen and oxygen atoms in total. The molecular formula is C13H12Br2O4. The van der Waals surface area contributed by atoms with E-state index in [0.29, 0.717) is 0 Å². The molecule has 6 heteroatoms. The number of aliphatic carboxylic acids is 1. The molecule has 1 fully saturated rings. The minimum Gasteiger partial charge on any atom is -0.481 e. The van der Waals surface area contributed by atoms with E-state index >= 15 is 0 Å². The Labute approximate surface area is 127 Å². The van der Waals surface area contributed by atoms with Crippen molar-refractivity contribution in [2.75, 3.05) is 7.11 Å². The van der Waals surface area contributed by atoms with Crippen molar-refractivity contribution in [1.29, 1.82) is 0 Å². The highest BCUT2D eigenvalue weighted by Gasteiger charge is 2.62. The zero-order valence-corrected chi connectivity index (χ0v) is 13.2. The van der Waals surface area contributed by atoms with E-state index in [1.54, 1.807) is 0 Å². The number of carbonyl (C=O) groups excluding carboxylic acids is 1. The second-order valence-electron chi connectivity index (χ2n) is 5.20. The lowest BCUT2D eigenvalue weighted by molar-refractivity contribution is -0.166. The number of ether oxygens (including phenoxy) is 1. The van der Waals surface area contributed by atoms with Gasteiger partial charge in [0.25, 0.3) is 0 Å². The van der Waals surface area contributed by atoms with Gasteiger partial charge in [0.2, 0.25) is 0 Å². The standard InChI is InChI=1S/C13H12Br2O4/c1-19-13(18)9-5-3-2-4(8(9)12(16)17)6-7(5)11(15)10(6)14/h2-9H,1H3,(H,16,17). The minimum absolute atomic E-state index is 0.0979. The summed E-state index contributed by atoms with van der Waals surface area (Å²) in [5.41, 5.74) is 0. The van der Waals surface area contributed by atoms with E-state index in [-0.39, 0.29) is 23.7 Å². The fourth-order valence-electron chi connectivity index (χ4n) is 3.77. The van der Waals surface area contributed by atoms with Crippen molar-refractivity contribution in [2.45, 2.75) is 0 Å². The first-order chi connectivity index (χ1) is 8.99. The van der Waals surface area contributed by atoms with Crippen LogP contribution in [0.1, 0.15) is 0 Å². The number of hydrogen-bond acceptors (Lipinski definition) is 3. The molecule has 6 atom stereocenters. The second-order valence-corrected chi connectivity index (χ2v) is 6.91. The number of methoxy groups -OCH3 is 1. The monoisotopic (exact) mass is 390 g/mol. The Hall–Kier alpha value is -0.620. The average Bonchev–Trinajstić information content (AvgIpc) is 2.43. The van der Waals surface area contributed by atoms with E-state index in [4.69, 9.17) is 4.74 Å². The van der Waals surface area contributed by atoms with Crippen LogP contribution in [0.3, 0.4) is 0 Å². The number of carboxylic acids is 1. The van der Waals surface area contributed by atoms with Crippen LogP contribution in [-0.4, -0.2) is 24.2 Å². The largest absolute Gasteiger partial charge is 0.481 e. The van der Waals surface area contributed by atoms with Crippen LogP contribution < -0.4 is 0 Å². The van der Waals surface area contributed by atoms with Crippen molar-refractivity contribution in [3.8, 4) is 0 Å². The van der Waals surface area contributed by atoms with Gasteiger partial charge in [0, 0.05) is 20.8 Å². The Kier molecular flexibility index (Phi) is 3.13. The number of carbonyl (C=O) groups is 2. The molecule has 1 saturated carbocycles. The quantitative estimate of drug-likeness (QED) is 0.580. The molecule has 0 aliphatic heterocycles. The highest BCUT2D eigenvalue weighted by Crippen LogP contribution is 2.64. The van der Waals surface area contributed by atoms with Gasteiger partial charge < -0.3 is 9.84 Å². The molecular weight excluding hydrogens is 380 g/mol. The maximum atomic E-state index is 12.0. The zero-order valence-electron chi connectivity index (χ0n) is 10.0. The van der Waals surface area contributed by atoms with Gasteiger partial charge in [-0.1, -0.05) is 44.0 Å². The van der Waals surface area contributed by atoms with Crippen molar-refractivity contribution in [3.05, 3.63) is 21.1 Å². The number of carboxylic acid groups (broad SMARTS) is 1. The summed E-state index contributed by atoms with van der Waals surface area (Å²) in [4.78, 5) is 23.5. The Morgan fingerprint density at radius 1 is 1.11 bits per heavy atom. The molecule has 0 aromatic rings. The van der Waals surface area contributed by atoms with Gasteiger partial charge in [-0.25, -0.2) is 0 Å². The third kappa shape index (κ3) is 1.62. The van der Waals surface area contributed by atoms with Crippen molar-refractivity contribution < 1.29 is 19.4 Å². The Morgan fingerprint density at radius 3 is 2.00 bits per heavy atom. The number of hydrogen-bond donors (Lipinski definition) is 1. The first-order valence-electron chi connectivity index (χ1n) is 6.03. The van der Waals surface area contributed by atoms with Crippen LogP contribution in [0, 0.1) is 35.5 Å². The molecule has 1 N–H and O–H groups in total. The third-order valence-corrected chi connectivity index (χ3v) is 7.00. The van der Waals surface area contributed by atoms with Crippen LogP contribution in [0.4, 0.5) is 0 Å². The molecule has 0 aromatic carbocycles. The summed E-state index contributed by atoms with van der Waals surface area (Å²) in [5, 5.41) is 9.47. The lowest BCUT2D eigenvalue weighted by Crippen LogP contribution is -2.56. The van der Waals surface area contributed by atoms with E-state index in [1.165, 1.54) is 7.11 Å². The van der Waals surface area contributed by atoms with E-state index in [9.17, 15) is 14.7 Å². The molecule has 102 valence electrons. The molecule has 0 radical (unpaired) electrons. The first kappa shape index (κ1) is 13.4. The molecule has 4 aliphatic rings. The molecule has 0 aromatic heterocycles. The van der Waals surface area contributed by atoms with Crippen LogP contribution in [0.2, 0.25) is 0 Å². The maximum Gasteiger partial charge on any atom is 0.310 e. The van der Waals surface area contributed by atoms with E-state index in [0.717, 1.165) is 8.96 Å². The van der Waals surface area contributed by atoms with Crippen LogP contribution >= 0.6 is 31.9 Å². The summed E-state index contributed by atoms with van der Waals surface area (Å²) in [6.45, 7) is 0. The maximum absolute atomic E-state index is 12.0. The van der Waals surface area contributed by atoms with Crippen LogP contribution in [0.25, 0.3) is 0 Å². The predicted octanol–water partition coefficient (Wildman–Crippen LogP) is 2.54. The summed E-state index contributed by atoms with van der Waals surface area (Å²) in [7, 11) is 1.31. The summed E-state index contributed by atoms with van der Waals surface area (Å²) in [6.07, 6.45) is 3.93. The molecule has 0 heterocycles. The van der Waals surface area contributed by atoms with Gasteiger partial charge in [-0.3, -0.25) is 9.59 Å². The Morgan fingerprint density at radius 2 is 1.58 bits per heavy atom. The second kappa shape index (κ2) is 4.45. The topological polar surface area (TPSA) is 63.6 Å². The SMILES string of the molecule is COC(=O)C1C2C=CC(C1C(=O)O)C1C(Br)=C(Br)C21. The average molecular weight is 392 g/mol. The zero-order chi connectivity index (χ0) is 13.9. The van der Waals surface area contributed by atoms with Crippen LogP contribution in [0.5, 0.6) is 0 Å². The van der Waals surface area contributed by atoms with E-state index < -0.39 is 23.8 Å². The Bertz CT molecular complexity index is 525. The van der Waals surface area contributed by atoms with Gasteiger partial charge in [-0.2, -0.15) is 0 Å². The smallest absolute Gasteiger partial charge is 0.310 e. The molecule has 4 rings (SSSR count). The minimum atomic E-state index is -0.920. The number of halogens is 2. The van der Waals surface area contributed by atoms with Gasteiger partial charge in [-0.15, -0.1) is 0 Å². The summed E-state index contributed by atoms with van der Waals surface area (Å²) in [5.74, 6) is -2.50. The van der Waals surface area contributed by atoms with Gasteiger partial charge in [0.1, 0.15) is 0 Å². The fraction of sp³-hybridized carbons (Fsp3) is 0.538. The molecule has 19 heavy (non-hydrogen) atoms. The fourth-order valence-corrected chi connectivity index (χ4v) is 5.48. The van der Waals surface area contributed by atoms with Crippen molar-refractivity contribution in [1.82, 2.24) is 0 Å². The van der Waals surface area contributed by atoms with E-state index in [2.05, 4.69) is 31.9 Å². The summed E-state index contributed by atoms with van der Waals surface area (Å²) >= 11 is 7.03. The third-order valence-electron chi connectivity index (χ3n) is 4.56. The van der Waals surface area contributed by atoms with Crippen molar-refractivity contribution in [2.24, 2.45) is 35.5 Å². The number of allylic oxidation sites excluding steroid dienone is 4. The molecule has 4 aliphatic carbocycles. The van der Waals surface area contributed by atoms with Crippen LogP contribution in [0.15, 0.2) is 21.1 Å². The number of esters is 1. The van der Waals surface area contributed by atoms with Gasteiger partial charge in [-0.05, 0) is 11.8 Å². The normalized spacial score (nSPS) is 42.7. The molecule has 2 bridgehead atoms. The summed E-state index contributed by atoms with van der Waals surface area (Å²) < 4.78 is 6.90. The molecule has 0 saturated heterocycles. The molecule has 6 unspecified atom stereocenters. The number of fused-ring (bicyclic) bond motifs is 1. The lowest BCUT2D eigenvalue weighted by atomic mass is 9.49. The lowest BCUT2D eigenvalue weighted by Gasteiger charge is -2.56. The Balaban J connectivity index is 2.06. The van der Waals surface area contributed by atoms with Gasteiger partial charge in [0.05, 0.1) is 18.9 Å². The predicted molar refractivity (Wildman–Crippen MR) is 74.6 cm³/mol. The number of rotatable bonds is 2. The van der Waals surface area contributed by atoms with Crippen molar-refractivity contribution in [3.63, 3.8) is 0 Å². The molecule has 0 amide bonds. The first-order valence-corrected chi connectivity index (χ1v) is 7.61. The van der Waals surface area contributed by atoms with Gasteiger partial charge in [0.15, 0.2) is 0 Å². The van der Waals surface area contributed by atoms with Crippen LogP contribution in [-0.2, 0) is 14.3 Å². The van der Waals surface area contributed by atoms with E-state index in [1.807, 2.05) is 12.2 Å². The molecule has 0 spiro atoms. The van der Waals surface area contributed by atoms with Gasteiger partial charge >= 0.3 is 11.9 Å². The summed E-state index contributed by atoms with van der Waals surface area (Å²) in [6, 6.07) is 0. The highest BCUT2D eigenvalue weighted by atomic mass is 79.9. The van der Waals surface area contributed by atoms with Crippen molar-refractivity contribution >= 4 is 43.8 Å². The highest BCUT2D eigenvalue weighted by molar-refractivity contribution is 9.14.